The number of allylic oxidation sites excluding steroid dienone is 1. The Morgan fingerprint density at radius 1 is 1.48 bits per heavy atom. The molecule has 0 aromatic heterocycles. The monoisotopic (exact) mass is 296 g/mol. The van der Waals surface area contributed by atoms with Crippen molar-refractivity contribution in [2.75, 3.05) is 13.2 Å². The number of ether oxygens (including phenoxy) is 1. The maximum Gasteiger partial charge on any atom is 0.341 e. The molecule has 6 nitrogen and oxygen atoms in total. The standard InChI is InChI=1S/C15H20O6/c1-13(2)4-8-3-9(11(17)18)10-5-21-12(19)15(20,7-16)14(8,10)6-13/h3,8,10,16,20H,4-7H2,1-2H3,(H,17,18)/t8-,10-,14-,15-/m0/s1. The van der Waals surface area contributed by atoms with Crippen LogP contribution in [0.2, 0.25) is 0 Å². The highest BCUT2D eigenvalue weighted by Crippen LogP contribution is 2.68. The number of aliphatic carboxylic acids is 1. The Kier molecular flexibility index (Phi) is 2.82. The fraction of sp³-hybridized carbons (Fsp3) is 0.733. The molecule has 0 aromatic carbocycles. The first-order chi connectivity index (χ1) is 9.68. The fourth-order valence-corrected chi connectivity index (χ4v) is 4.85. The molecular weight excluding hydrogens is 276 g/mol. The van der Waals surface area contributed by atoms with E-state index in [0.717, 1.165) is 0 Å². The zero-order valence-corrected chi connectivity index (χ0v) is 12.1. The van der Waals surface area contributed by atoms with Crippen molar-refractivity contribution in [3.8, 4) is 0 Å². The minimum atomic E-state index is -2.04. The summed E-state index contributed by atoms with van der Waals surface area (Å²) >= 11 is 0. The van der Waals surface area contributed by atoms with E-state index in [2.05, 4.69) is 0 Å². The molecule has 1 heterocycles. The van der Waals surface area contributed by atoms with E-state index < -0.39 is 35.5 Å². The third-order valence-electron chi connectivity index (χ3n) is 5.55. The summed E-state index contributed by atoms with van der Waals surface area (Å²) in [4.78, 5) is 23.6. The zero-order chi connectivity index (χ0) is 15.6. The molecule has 0 radical (unpaired) electrons. The maximum absolute atomic E-state index is 12.1. The molecule has 1 saturated heterocycles. The Morgan fingerprint density at radius 2 is 2.14 bits per heavy atom. The molecule has 6 heteroatoms. The van der Waals surface area contributed by atoms with Gasteiger partial charge < -0.3 is 20.1 Å². The quantitative estimate of drug-likeness (QED) is 0.634. The van der Waals surface area contributed by atoms with Gasteiger partial charge in [-0.3, -0.25) is 0 Å². The number of carboxylic acid groups (broad SMARTS) is 1. The molecule has 3 rings (SSSR count). The molecule has 1 spiro atoms. The van der Waals surface area contributed by atoms with Crippen LogP contribution in [0.4, 0.5) is 0 Å². The SMILES string of the molecule is CC1(C)C[C@@H]2C=C(C(=O)O)[C@@H]3COC(=O)[C@@](O)(CO)[C@@]23C1. The van der Waals surface area contributed by atoms with Crippen LogP contribution in [0.25, 0.3) is 0 Å². The number of esters is 1. The van der Waals surface area contributed by atoms with Crippen LogP contribution in [0.5, 0.6) is 0 Å². The molecule has 21 heavy (non-hydrogen) atoms. The second-order valence-electron chi connectivity index (χ2n) is 7.29. The summed E-state index contributed by atoms with van der Waals surface area (Å²) in [6.45, 7) is 3.26. The van der Waals surface area contributed by atoms with E-state index in [1.165, 1.54) is 0 Å². The van der Waals surface area contributed by atoms with Gasteiger partial charge in [-0.1, -0.05) is 19.9 Å². The van der Waals surface area contributed by atoms with E-state index in [1.54, 1.807) is 6.08 Å². The number of carbonyl (C=O) groups is 2. The number of aliphatic hydroxyl groups is 2. The van der Waals surface area contributed by atoms with Gasteiger partial charge in [-0.05, 0) is 24.2 Å². The molecule has 2 aliphatic carbocycles. The van der Waals surface area contributed by atoms with Crippen molar-refractivity contribution in [2.45, 2.75) is 32.3 Å². The molecular formula is C15H20O6. The Balaban J connectivity index is 2.18. The Bertz CT molecular complexity index is 550. The highest BCUT2D eigenvalue weighted by Gasteiger charge is 2.73. The first kappa shape index (κ1) is 14.5. The Hall–Kier alpha value is -1.40. The summed E-state index contributed by atoms with van der Waals surface area (Å²) in [6.07, 6.45) is 2.81. The van der Waals surface area contributed by atoms with Gasteiger partial charge in [-0.25, -0.2) is 9.59 Å². The van der Waals surface area contributed by atoms with Crippen molar-refractivity contribution in [1.29, 1.82) is 0 Å². The van der Waals surface area contributed by atoms with Crippen molar-refractivity contribution in [3.05, 3.63) is 11.6 Å². The van der Waals surface area contributed by atoms with Crippen LogP contribution in [0, 0.1) is 22.7 Å². The molecule has 3 N–H and O–H groups in total. The topological polar surface area (TPSA) is 104 Å². The van der Waals surface area contributed by atoms with Crippen LogP contribution in [0.1, 0.15) is 26.7 Å². The second kappa shape index (κ2) is 4.08. The highest BCUT2D eigenvalue weighted by atomic mass is 16.6. The normalized spacial score (nSPS) is 43.8. The number of aliphatic hydroxyl groups excluding tert-OH is 1. The van der Waals surface area contributed by atoms with Crippen molar-refractivity contribution in [2.24, 2.45) is 22.7 Å². The first-order valence-electron chi connectivity index (χ1n) is 7.13. The highest BCUT2D eigenvalue weighted by molar-refractivity contribution is 5.91. The molecule has 2 fully saturated rings. The van der Waals surface area contributed by atoms with Crippen molar-refractivity contribution < 1.29 is 29.6 Å². The smallest absolute Gasteiger partial charge is 0.341 e. The van der Waals surface area contributed by atoms with E-state index in [-0.39, 0.29) is 23.5 Å². The molecule has 0 amide bonds. The third-order valence-corrected chi connectivity index (χ3v) is 5.55. The van der Waals surface area contributed by atoms with E-state index in [1.807, 2.05) is 13.8 Å². The summed E-state index contributed by atoms with van der Waals surface area (Å²) < 4.78 is 5.00. The van der Waals surface area contributed by atoms with E-state index in [4.69, 9.17) is 4.74 Å². The van der Waals surface area contributed by atoms with Gasteiger partial charge >= 0.3 is 11.9 Å². The number of carboxylic acids is 1. The summed E-state index contributed by atoms with van der Waals surface area (Å²) in [5, 5.41) is 29.9. The fourth-order valence-electron chi connectivity index (χ4n) is 4.85. The van der Waals surface area contributed by atoms with Crippen LogP contribution in [0.15, 0.2) is 11.6 Å². The van der Waals surface area contributed by atoms with E-state index in [0.29, 0.717) is 12.8 Å². The summed E-state index contributed by atoms with van der Waals surface area (Å²) in [7, 11) is 0. The van der Waals surface area contributed by atoms with E-state index >= 15 is 0 Å². The second-order valence-corrected chi connectivity index (χ2v) is 7.29. The summed E-state index contributed by atoms with van der Waals surface area (Å²) in [5.74, 6) is -2.71. The summed E-state index contributed by atoms with van der Waals surface area (Å²) in [5.41, 5.74) is -2.96. The van der Waals surface area contributed by atoms with Crippen molar-refractivity contribution >= 4 is 11.9 Å². The average Bonchev–Trinajstić information content (AvgIpc) is 2.82. The molecule has 116 valence electrons. The van der Waals surface area contributed by atoms with Gasteiger partial charge in [-0.15, -0.1) is 0 Å². The van der Waals surface area contributed by atoms with E-state index in [9.17, 15) is 24.9 Å². The van der Waals surface area contributed by atoms with Crippen LogP contribution in [-0.4, -0.2) is 46.1 Å². The molecule has 0 aromatic rings. The Labute approximate surface area is 122 Å². The van der Waals surface area contributed by atoms with Gasteiger partial charge in [0, 0.05) is 16.9 Å². The van der Waals surface area contributed by atoms with Crippen LogP contribution >= 0.6 is 0 Å². The minimum absolute atomic E-state index is 0.0497. The first-order valence-corrected chi connectivity index (χ1v) is 7.13. The van der Waals surface area contributed by atoms with Gasteiger partial charge in [0.05, 0.1) is 13.2 Å². The largest absolute Gasteiger partial charge is 0.478 e. The van der Waals surface area contributed by atoms with Crippen molar-refractivity contribution in [3.63, 3.8) is 0 Å². The predicted molar refractivity (Wildman–Crippen MR) is 71.1 cm³/mol. The number of cyclic esters (lactones) is 1. The lowest BCUT2D eigenvalue weighted by molar-refractivity contribution is -0.221. The average molecular weight is 296 g/mol. The molecule has 1 saturated carbocycles. The van der Waals surface area contributed by atoms with Crippen LogP contribution in [-0.2, 0) is 14.3 Å². The maximum atomic E-state index is 12.1. The lowest BCUT2D eigenvalue weighted by Gasteiger charge is -2.50. The van der Waals surface area contributed by atoms with Gasteiger partial charge in [0.1, 0.15) is 0 Å². The predicted octanol–water partition coefficient (Wildman–Crippen LogP) is 0.330. The summed E-state index contributed by atoms with van der Waals surface area (Å²) in [6, 6.07) is 0. The Morgan fingerprint density at radius 3 is 2.71 bits per heavy atom. The number of carbonyl (C=O) groups excluding carboxylic acids is 1. The van der Waals surface area contributed by atoms with Crippen LogP contribution in [0.3, 0.4) is 0 Å². The third kappa shape index (κ3) is 1.60. The number of rotatable bonds is 2. The van der Waals surface area contributed by atoms with Gasteiger partial charge in [0.15, 0.2) is 5.60 Å². The lowest BCUT2D eigenvalue weighted by atomic mass is 9.58. The lowest BCUT2D eigenvalue weighted by Crippen LogP contribution is -2.65. The minimum Gasteiger partial charge on any atom is -0.478 e. The van der Waals surface area contributed by atoms with Gasteiger partial charge in [0.2, 0.25) is 0 Å². The molecule has 1 aliphatic heterocycles. The number of hydrogen-bond donors (Lipinski definition) is 3. The molecule has 0 unspecified atom stereocenters. The number of hydrogen-bond acceptors (Lipinski definition) is 5. The molecule has 3 aliphatic rings. The van der Waals surface area contributed by atoms with Gasteiger partial charge in [0.25, 0.3) is 0 Å². The molecule has 0 bridgehead atoms. The van der Waals surface area contributed by atoms with Crippen molar-refractivity contribution in [1.82, 2.24) is 0 Å². The zero-order valence-electron chi connectivity index (χ0n) is 12.1. The van der Waals surface area contributed by atoms with Crippen LogP contribution < -0.4 is 0 Å². The van der Waals surface area contributed by atoms with Gasteiger partial charge in [-0.2, -0.15) is 0 Å². The molecule has 4 atom stereocenters.